The van der Waals surface area contributed by atoms with Crippen LogP contribution < -0.4 is 0 Å². The average Bonchev–Trinajstić information content (AvgIpc) is 2.67. The molecule has 1 atom stereocenters. The minimum Gasteiger partial charge on any atom is -0.352 e. The second kappa shape index (κ2) is 4.70. The van der Waals surface area contributed by atoms with E-state index in [0.29, 0.717) is 10.9 Å². The Kier molecular flexibility index (Phi) is 3.51. The molecule has 2 rings (SSSR count). The quantitative estimate of drug-likeness (QED) is 0.616. The summed E-state index contributed by atoms with van der Waals surface area (Å²) in [5, 5.41) is 0.719. The van der Waals surface area contributed by atoms with Gasteiger partial charge in [0.2, 0.25) is 0 Å². The zero-order chi connectivity index (χ0) is 10.8. The van der Waals surface area contributed by atoms with Crippen molar-refractivity contribution in [3.05, 3.63) is 34.9 Å². The van der Waals surface area contributed by atoms with Gasteiger partial charge in [-0.05, 0) is 12.1 Å². The molecule has 0 bridgehead atoms. The highest BCUT2D eigenvalue weighted by Crippen LogP contribution is 2.28. The smallest absolute Gasteiger partial charge is 0.157 e. The van der Waals surface area contributed by atoms with Gasteiger partial charge in [-0.25, -0.2) is 0 Å². The van der Waals surface area contributed by atoms with Crippen LogP contribution in [0.25, 0.3) is 0 Å². The second-order valence-corrected chi connectivity index (χ2v) is 4.80. The van der Waals surface area contributed by atoms with E-state index in [1.165, 1.54) is 0 Å². The Balaban J connectivity index is 2.22. The Morgan fingerprint density at radius 2 is 2.13 bits per heavy atom. The van der Waals surface area contributed by atoms with Crippen LogP contribution >= 0.6 is 36.4 Å². The Morgan fingerprint density at radius 3 is 2.73 bits per heavy atom. The minimum absolute atomic E-state index is 0.118. The summed E-state index contributed by atoms with van der Waals surface area (Å²) in [6.45, 7) is 1.46. The summed E-state index contributed by atoms with van der Waals surface area (Å²) in [6, 6.07) is 7.57. The van der Waals surface area contributed by atoms with Crippen molar-refractivity contribution in [3.63, 3.8) is 0 Å². The number of thiocarbonyl (C=S) groups is 1. The summed E-state index contributed by atoms with van der Waals surface area (Å²) in [4.78, 5) is 1.95. The third kappa shape index (κ3) is 2.45. The molecule has 0 aliphatic carbocycles. The fourth-order valence-electron chi connectivity index (χ4n) is 1.57. The van der Waals surface area contributed by atoms with Gasteiger partial charge < -0.3 is 9.64 Å². The fourth-order valence-corrected chi connectivity index (χ4v) is 2.09. The number of hydrogen-bond donors (Lipinski definition) is 1. The maximum atomic E-state index is 5.82. The number of nitrogens with zero attached hydrogens (tertiary/aromatic N) is 1. The van der Waals surface area contributed by atoms with E-state index in [4.69, 9.17) is 28.6 Å². The maximum Gasteiger partial charge on any atom is 0.157 e. The highest BCUT2D eigenvalue weighted by molar-refractivity contribution is 8.10. The number of ether oxygens (including phenoxy) is 1. The summed E-state index contributed by atoms with van der Waals surface area (Å²) in [5.74, 6) is 0. The van der Waals surface area contributed by atoms with E-state index in [0.717, 1.165) is 17.1 Å². The van der Waals surface area contributed by atoms with E-state index >= 15 is 0 Å². The van der Waals surface area contributed by atoms with Gasteiger partial charge in [0.25, 0.3) is 0 Å². The van der Waals surface area contributed by atoms with Gasteiger partial charge in [-0.1, -0.05) is 36.0 Å². The van der Waals surface area contributed by atoms with E-state index < -0.39 is 0 Å². The van der Waals surface area contributed by atoms with Crippen LogP contribution in [0.2, 0.25) is 5.02 Å². The van der Waals surface area contributed by atoms with Gasteiger partial charge in [-0.2, -0.15) is 0 Å². The lowest BCUT2D eigenvalue weighted by molar-refractivity contribution is 0.0654. The molecule has 0 spiro atoms. The van der Waals surface area contributed by atoms with Crippen LogP contribution in [0.5, 0.6) is 0 Å². The van der Waals surface area contributed by atoms with Crippen molar-refractivity contribution in [1.29, 1.82) is 0 Å². The summed E-state index contributed by atoms with van der Waals surface area (Å²) in [7, 11) is 0. The molecule has 0 amide bonds. The van der Waals surface area contributed by atoms with E-state index in [9.17, 15) is 0 Å². The lowest BCUT2D eigenvalue weighted by Gasteiger charge is -2.23. The van der Waals surface area contributed by atoms with E-state index in [2.05, 4.69) is 12.6 Å². The van der Waals surface area contributed by atoms with Crippen molar-refractivity contribution < 1.29 is 4.74 Å². The first kappa shape index (κ1) is 11.2. The van der Waals surface area contributed by atoms with Gasteiger partial charge in [-0.3, -0.25) is 0 Å². The maximum absolute atomic E-state index is 5.82. The van der Waals surface area contributed by atoms with Crippen LogP contribution in [0.15, 0.2) is 24.3 Å². The first-order chi connectivity index (χ1) is 7.18. The van der Waals surface area contributed by atoms with Crippen molar-refractivity contribution in [3.8, 4) is 0 Å². The van der Waals surface area contributed by atoms with E-state index in [1.807, 2.05) is 29.2 Å². The highest BCUT2D eigenvalue weighted by atomic mass is 35.5. The number of hydrogen-bond acceptors (Lipinski definition) is 2. The zero-order valence-corrected chi connectivity index (χ0v) is 10.4. The van der Waals surface area contributed by atoms with Crippen molar-refractivity contribution in [2.45, 2.75) is 6.23 Å². The highest BCUT2D eigenvalue weighted by Gasteiger charge is 2.27. The molecule has 0 N–H and O–H groups in total. The molecule has 0 aromatic heterocycles. The largest absolute Gasteiger partial charge is 0.352 e. The van der Waals surface area contributed by atoms with Gasteiger partial charge in [0, 0.05) is 17.1 Å². The molecule has 15 heavy (non-hydrogen) atoms. The van der Waals surface area contributed by atoms with E-state index in [-0.39, 0.29) is 6.23 Å². The number of rotatable bonds is 1. The monoisotopic (exact) mass is 259 g/mol. The lowest BCUT2D eigenvalue weighted by Crippen LogP contribution is -2.26. The first-order valence-corrected chi connectivity index (χ1v) is 5.78. The summed E-state index contributed by atoms with van der Waals surface area (Å²) in [6.07, 6.45) is -0.118. The molecule has 1 aliphatic rings. The van der Waals surface area contributed by atoms with Gasteiger partial charge >= 0.3 is 0 Å². The van der Waals surface area contributed by atoms with Gasteiger partial charge in [0.05, 0.1) is 6.61 Å². The van der Waals surface area contributed by atoms with Crippen LogP contribution in [0, 0.1) is 0 Å². The SMILES string of the molecule is S=C(S)N1CCOC1c1ccc(Cl)cc1. The van der Waals surface area contributed by atoms with Gasteiger partial charge in [0.1, 0.15) is 4.32 Å². The van der Waals surface area contributed by atoms with Crippen molar-refractivity contribution in [2.75, 3.05) is 13.2 Å². The molecule has 1 heterocycles. The molecule has 1 saturated heterocycles. The topological polar surface area (TPSA) is 12.5 Å². The molecule has 1 aliphatic heterocycles. The van der Waals surface area contributed by atoms with Crippen molar-refractivity contribution in [2.24, 2.45) is 0 Å². The van der Waals surface area contributed by atoms with Crippen LogP contribution in [0.4, 0.5) is 0 Å². The molecule has 0 radical (unpaired) electrons. The molecule has 2 nitrogen and oxygen atoms in total. The fraction of sp³-hybridized carbons (Fsp3) is 0.300. The summed E-state index contributed by atoms with van der Waals surface area (Å²) < 4.78 is 6.16. The molecular weight excluding hydrogens is 250 g/mol. The number of halogens is 1. The zero-order valence-electron chi connectivity index (χ0n) is 7.89. The Bertz CT molecular complexity index is 368. The molecule has 5 heteroatoms. The molecular formula is C10H10ClNOS2. The van der Waals surface area contributed by atoms with Crippen LogP contribution in [-0.4, -0.2) is 22.4 Å². The minimum atomic E-state index is -0.118. The van der Waals surface area contributed by atoms with Gasteiger partial charge in [-0.15, -0.1) is 12.6 Å². The van der Waals surface area contributed by atoms with Gasteiger partial charge in [0.15, 0.2) is 6.23 Å². The van der Waals surface area contributed by atoms with Crippen molar-refractivity contribution in [1.82, 2.24) is 4.90 Å². The van der Waals surface area contributed by atoms with Crippen molar-refractivity contribution >= 4 is 40.8 Å². The molecule has 0 saturated carbocycles. The summed E-state index contributed by atoms with van der Waals surface area (Å²) in [5.41, 5.74) is 1.05. The lowest BCUT2D eigenvalue weighted by atomic mass is 10.2. The Hall–Kier alpha value is -0.290. The molecule has 1 fully saturated rings. The third-order valence-corrected chi connectivity index (χ3v) is 3.04. The standard InChI is InChI=1S/C10H10ClNOS2/c11-8-3-1-7(2-4-8)9-12(10(14)15)5-6-13-9/h1-4,9H,5-6H2,(H,14,15). The van der Waals surface area contributed by atoms with Crippen LogP contribution in [-0.2, 0) is 4.74 Å². The first-order valence-electron chi connectivity index (χ1n) is 4.55. The second-order valence-electron chi connectivity index (χ2n) is 3.25. The molecule has 1 aromatic carbocycles. The van der Waals surface area contributed by atoms with Crippen LogP contribution in [0.1, 0.15) is 11.8 Å². The average molecular weight is 260 g/mol. The Morgan fingerprint density at radius 1 is 1.47 bits per heavy atom. The third-order valence-electron chi connectivity index (χ3n) is 2.29. The van der Waals surface area contributed by atoms with E-state index in [1.54, 1.807) is 0 Å². The predicted molar refractivity (Wildman–Crippen MR) is 68.4 cm³/mol. The number of thiol groups is 1. The Labute approximate surface area is 105 Å². The molecule has 1 aromatic rings. The summed E-state index contributed by atoms with van der Waals surface area (Å²) >= 11 is 15.0. The molecule has 1 unspecified atom stereocenters. The predicted octanol–water partition coefficient (Wildman–Crippen LogP) is 2.89. The molecule has 80 valence electrons. The number of benzene rings is 1. The normalized spacial score (nSPS) is 20.7. The van der Waals surface area contributed by atoms with Crippen LogP contribution in [0.3, 0.4) is 0 Å².